The minimum Gasteiger partial charge on any atom is -0.322 e. The van der Waals surface area contributed by atoms with Gasteiger partial charge in [0.2, 0.25) is 0 Å². The molecule has 92 valence electrons. The van der Waals surface area contributed by atoms with Gasteiger partial charge in [0.1, 0.15) is 0 Å². The molecule has 0 aromatic carbocycles. The molecule has 0 aliphatic carbocycles. The average molecular weight is 314 g/mol. The summed E-state index contributed by atoms with van der Waals surface area (Å²) >= 11 is 5.21. The van der Waals surface area contributed by atoms with Crippen LogP contribution >= 0.6 is 27.3 Å². The molecule has 0 saturated heterocycles. The molecule has 3 nitrogen and oxygen atoms in total. The number of hydrogen-bond acceptors (Lipinski definition) is 3. The van der Waals surface area contributed by atoms with Crippen LogP contribution in [0.1, 0.15) is 29.2 Å². The zero-order valence-corrected chi connectivity index (χ0v) is 12.4. The van der Waals surface area contributed by atoms with Gasteiger partial charge in [0, 0.05) is 17.8 Å². The van der Waals surface area contributed by atoms with Gasteiger partial charge in [0.15, 0.2) is 0 Å². The molecule has 5 heteroatoms. The van der Waals surface area contributed by atoms with Gasteiger partial charge >= 0.3 is 0 Å². The van der Waals surface area contributed by atoms with Crippen LogP contribution in [-0.4, -0.2) is 9.78 Å². The lowest BCUT2D eigenvalue weighted by atomic mass is 10.1. The normalized spacial score (nSPS) is 12.9. The van der Waals surface area contributed by atoms with Crippen LogP contribution in [0, 0.1) is 6.92 Å². The van der Waals surface area contributed by atoms with E-state index in [2.05, 4.69) is 46.2 Å². The highest BCUT2D eigenvalue weighted by atomic mass is 79.9. The van der Waals surface area contributed by atoms with E-state index in [1.54, 1.807) is 11.3 Å². The third-order valence-electron chi connectivity index (χ3n) is 2.66. The molecule has 0 saturated carbocycles. The number of aryl methyl sites for hydroxylation is 2. The first-order valence-corrected chi connectivity index (χ1v) is 7.25. The zero-order chi connectivity index (χ0) is 12.4. The van der Waals surface area contributed by atoms with E-state index in [-0.39, 0.29) is 6.04 Å². The molecule has 1 atom stereocenters. The Morgan fingerprint density at radius 1 is 1.53 bits per heavy atom. The Bertz CT molecular complexity index is 504. The highest BCUT2D eigenvalue weighted by molar-refractivity contribution is 9.11. The van der Waals surface area contributed by atoms with Crippen molar-refractivity contribution in [2.24, 2.45) is 5.73 Å². The summed E-state index contributed by atoms with van der Waals surface area (Å²) in [6.07, 6.45) is 0.862. The summed E-state index contributed by atoms with van der Waals surface area (Å²) in [4.78, 5) is 1.30. The summed E-state index contributed by atoms with van der Waals surface area (Å²) < 4.78 is 3.14. The SMILES string of the molecule is CCn1nc(C)cc1C(N)Cc1ccc(Br)s1. The summed E-state index contributed by atoms with van der Waals surface area (Å²) in [7, 11) is 0. The van der Waals surface area contributed by atoms with E-state index in [1.165, 1.54) is 4.88 Å². The summed E-state index contributed by atoms with van der Waals surface area (Å²) in [6, 6.07) is 6.28. The maximum atomic E-state index is 6.26. The van der Waals surface area contributed by atoms with E-state index in [4.69, 9.17) is 5.73 Å². The van der Waals surface area contributed by atoms with Gasteiger partial charge < -0.3 is 5.73 Å². The van der Waals surface area contributed by atoms with Crippen LogP contribution in [0.25, 0.3) is 0 Å². The van der Waals surface area contributed by atoms with Crippen LogP contribution in [0.15, 0.2) is 22.0 Å². The van der Waals surface area contributed by atoms with E-state index in [1.807, 2.05) is 11.6 Å². The first kappa shape index (κ1) is 12.8. The van der Waals surface area contributed by atoms with Crippen molar-refractivity contribution in [3.8, 4) is 0 Å². The van der Waals surface area contributed by atoms with Crippen molar-refractivity contribution < 1.29 is 0 Å². The van der Waals surface area contributed by atoms with Crippen molar-refractivity contribution >= 4 is 27.3 Å². The maximum absolute atomic E-state index is 6.26. The van der Waals surface area contributed by atoms with Crippen molar-refractivity contribution in [2.45, 2.75) is 32.9 Å². The fourth-order valence-corrected chi connectivity index (χ4v) is 3.44. The average Bonchev–Trinajstić information content (AvgIpc) is 2.84. The Balaban J connectivity index is 2.16. The van der Waals surface area contributed by atoms with Crippen molar-refractivity contribution in [1.82, 2.24) is 9.78 Å². The second kappa shape index (κ2) is 5.33. The number of aromatic nitrogens is 2. The fourth-order valence-electron chi connectivity index (χ4n) is 1.90. The summed E-state index contributed by atoms with van der Waals surface area (Å²) in [5.41, 5.74) is 8.41. The van der Waals surface area contributed by atoms with Crippen LogP contribution in [-0.2, 0) is 13.0 Å². The van der Waals surface area contributed by atoms with Crippen LogP contribution in [0.3, 0.4) is 0 Å². The molecule has 0 aliphatic heterocycles. The number of halogens is 1. The van der Waals surface area contributed by atoms with Gasteiger partial charge in [-0.1, -0.05) is 0 Å². The smallest absolute Gasteiger partial charge is 0.0701 e. The van der Waals surface area contributed by atoms with Crippen LogP contribution in [0.5, 0.6) is 0 Å². The minimum atomic E-state index is 0.0155. The van der Waals surface area contributed by atoms with Crippen LogP contribution in [0.4, 0.5) is 0 Å². The first-order valence-electron chi connectivity index (χ1n) is 5.64. The molecule has 2 N–H and O–H groups in total. The molecule has 17 heavy (non-hydrogen) atoms. The van der Waals surface area contributed by atoms with Crippen LogP contribution < -0.4 is 5.73 Å². The molecular formula is C12H16BrN3S. The fraction of sp³-hybridized carbons (Fsp3) is 0.417. The lowest BCUT2D eigenvalue weighted by molar-refractivity contribution is 0.568. The zero-order valence-electron chi connectivity index (χ0n) is 9.98. The lowest BCUT2D eigenvalue weighted by Gasteiger charge is -2.12. The Morgan fingerprint density at radius 3 is 2.88 bits per heavy atom. The summed E-state index contributed by atoms with van der Waals surface area (Å²) in [6.45, 7) is 4.96. The van der Waals surface area contributed by atoms with Crippen molar-refractivity contribution in [3.05, 3.63) is 38.3 Å². The van der Waals surface area contributed by atoms with Gasteiger partial charge in [-0.3, -0.25) is 4.68 Å². The highest BCUT2D eigenvalue weighted by Crippen LogP contribution is 2.26. The maximum Gasteiger partial charge on any atom is 0.0701 e. The van der Waals surface area contributed by atoms with Crippen molar-refractivity contribution in [3.63, 3.8) is 0 Å². The standard InChI is InChI=1S/C12H16BrN3S/c1-3-16-11(6-8(2)15-16)10(14)7-9-4-5-12(13)17-9/h4-6,10H,3,7,14H2,1-2H3. The number of nitrogens with two attached hydrogens (primary N) is 1. The molecule has 2 heterocycles. The highest BCUT2D eigenvalue weighted by Gasteiger charge is 2.14. The first-order chi connectivity index (χ1) is 8.10. The molecule has 2 aromatic heterocycles. The molecule has 2 aromatic rings. The van der Waals surface area contributed by atoms with E-state index >= 15 is 0 Å². The molecular weight excluding hydrogens is 298 g/mol. The lowest BCUT2D eigenvalue weighted by Crippen LogP contribution is -2.17. The molecule has 0 fully saturated rings. The summed E-state index contributed by atoms with van der Waals surface area (Å²) in [5.74, 6) is 0. The quantitative estimate of drug-likeness (QED) is 0.941. The van der Waals surface area contributed by atoms with E-state index in [0.717, 1.165) is 28.1 Å². The van der Waals surface area contributed by atoms with Gasteiger partial charge in [-0.25, -0.2) is 0 Å². The van der Waals surface area contributed by atoms with Crippen LogP contribution in [0.2, 0.25) is 0 Å². The van der Waals surface area contributed by atoms with Gasteiger partial charge in [-0.05, 0) is 48.0 Å². The Kier molecular flexibility index (Phi) is 4.01. The largest absolute Gasteiger partial charge is 0.322 e. The van der Waals surface area contributed by atoms with E-state index in [9.17, 15) is 0 Å². The molecule has 0 amide bonds. The molecule has 0 aliphatic rings. The van der Waals surface area contributed by atoms with E-state index in [0.29, 0.717) is 0 Å². The topological polar surface area (TPSA) is 43.8 Å². The molecule has 2 rings (SSSR count). The van der Waals surface area contributed by atoms with Crippen molar-refractivity contribution in [2.75, 3.05) is 0 Å². The third kappa shape index (κ3) is 2.97. The minimum absolute atomic E-state index is 0.0155. The summed E-state index contributed by atoms with van der Waals surface area (Å²) in [5, 5.41) is 4.43. The third-order valence-corrected chi connectivity index (χ3v) is 4.31. The van der Waals surface area contributed by atoms with Gasteiger partial charge in [-0.2, -0.15) is 5.10 Å². The molecule has 0 radical (unpaired) electrons. The number of rotatable bonds is 4. The predicted molar refractivity (Wildman–Crippen MR) is 75.3 cm³/mol. The van der Waals surface area contributed by atoms with Gasteiger partial charge in [-0.15, -0.1) is 11.3 Å². The number of nitrogens with zero attached hydrogens (tertiary/aromatic N) is 2. The Hall–Kier alpha value is -0.650. The van der Waals surface area contributed by atoms with Gasteiger partial charge in [0.05, 0.1) is 21.2 Å². The predicted octanol–water partition coefficient (Wildman–Crippen LogP) is 3.28. The second-order valence-corrected chi connectivity index (χ2v) is 6.59. The molecule has 0 spiro atoms. The molecule has 1 unspecified atom stereocenters. The Morgan fingerprint density at radius 2 is 2.29 bits per heavy atom. The van der Waals surface area contributed by atoms with Crippen molar-refractivity contribution in [1.29, 1.82) is 0 Å². The second-order valence-electron chi connectivity index (χ2n) is 4.04. The number of thiophene rings is 1. The van der Waals surface area contributed by atoms with Gasteiger partial charge in [0.25, 0.3) is 0 Å². The monoisotopic (exact) mass is 313 g/mol. The number of hydrogen-bond donors (Lipinski definition) is 1. The Labute approximate surface area is 114 Å². The molecule has 0 bridgehead atoms. The van der Waals surface area contributed by atoms with E-state index < -0.39 is 0 Å².